The molecule has 0 spiro atoms. The van der Waals surface area contributed by atoms with Crippen molar-refractivity contribution in [3.63, 3.8) is 0 Å². The van der Waals surface area contributed by atoms with Crippen molar-refractivity contribution in [3.05, 3.63) is 33.9 Å². The van der Waals surface area contributed by atoms with Crippen LogP contribution >= 0.6 is 0 Å². The zero-order valence-corrected chi connectivity index (χ0v) is 13.9. The van der Waals surface area contributed by atoms with E-state index in [-0.39, 0.29) is 29.5 Å². The van der Waals surface area contributed by atoms with E-state index in [2.05, 4.69) is 5.32 Å². The fraction of sp³-hybridized carbons (Fsp3) is 0.467. The lowest BCUT2D eigenvalue weighted by atomic mass is 10.1. The average Bonchev–Trinajstić information content (AvgIpc) is 2.43. The van der Waals surface area contributed by atoms with Gasteiger partial charge in [0, 0.05) is 24.7 Å². The number of hydrogen-bond donors (Lipinski definition) is 1. The summed E-state index contributed by atoms with van der Waals surface area (Å²) in [5.74, 6) is -0.643. The summed E-state index contributed by atoms with van der Waals surface area (Å²) in [6.45, 7) is 5.32. The second-order valence-corrected chi connectivity index (χ2v) is 6.10. The Morgan fingerprint density at radius 2 is 1.96 bits per heavy atom. The maximum Gasteiger partial charge on any atom is 0.270 e. The Labute approximate surface area is 134 Å². The quantitative estimate of drug-likeness (QED) is 0.655. The van der Waals surface area contributed by atoms with Gasteiger partial charge in [-0.3, -0.25) is 19.7 Å². The highest BCUT2D eigenvalue weighted by Gasteiger charge is 2.23. The molecule has 0 saturated carbocycles. The number of carbonyl (C=O) groups is 2. The summed E-state index contributed by atoms with van der Waals surface area (Å²) in [6.07, 6.45) is 0. The molecule has 0 atom stereocenters. The van der Waals surface area contributed by atoms with Gasteiger partial charge in [-0.2, -0.15) is 0 Å². The first-order chi connectivity index (χ1) is 10.5. The van der Waals surface area contributed by atoms with Gasteiger partial charge in [-0.25, -0.2) is 0 Å². The lowest BCUT2D eigenvalue weighted by Crippen LogP contribution is -2.46. The molecule has 0 saturated heterocycles. The van der Waals surface area contributed by atoms with Gasteiger partial charge >= 0.3 is 0 Å². The van der Waals surface area contributed by atoms with Crippen LogP contribution in [0, 0.1) is 10.1 Å². The van der Waals surface area contributed by atoms with Gasteiger partial charge in [0.15, 0.2) is 0 Å². The van der Waals surface area contributed by atoms with Crippen molar-refractivity contribution >= 4 is 17.5 Å². The average molecular weight is 323 g/mol. The molecule has 0 unspecified atom stereocenters. The number of nitro benzene ring substituents is 1. The molecule has 0 aliphatic rings. The van der Waals surface area contributed by atoms with Crippen molar-refractivity contribution < 1.29 is 19.2 Å². The zero-order valence-electron chi connectivity index (χ0n) is 13.9. The van der Waals surface area contributed by atoms with Crippen molar-refractivity contribution in [2.75, 3.05) is 20.7 Å². The molecule has 1 rings (SSSR count). The van der Waals surface area contributed by atoms with Crippen LogP contribution in [-0.2, 0) is 4.79 Å². The number of methoxy groups -OCH3 is 1. The van der Waals surface area contributed by atoms with E-state index in [0.717, 1.165) is 6.07 Å². The summed E-state index contributed by atoms with van der Waals surface area (Å²) in [6, 6.07) is 3.75. The van der Waals surface area contributed by atoms with Crippen LogP contribution in [0.1, 0.15) is 31.1 Å². The molecule has 8 heteroatoms. The molecule has 1 N–H and O–H groups in total. The third kappa shape index (κ3) is 5.24. The fourth-order valence-electron chi connectivity index (χ4n) is 1.93. The molecular formula is C15H21N3O5. The Morgan fingerprint density at radius 1 is 1.35 bits per heavy atom. The van der Waals surface area contributed by atoms with Crippen LogP contribution in [0.15, 0.2) is 18.2 Å². The van der Waals surface area contributed by atoms with E-state index >= 15 is 0 Å². The van der Waals surface area contributed by atoms with Crippen molar-refractivity contribution in [1.29, 1.82) is 0 Å². The Morgan fingerprint density at radius 3 is 2.43 bits per heavy atom. The summed E-state index contributed by atoms with van der Waals surface area (Å²) in [5, 5.41) is 13.6. The van der Waals surface area contributed by atoms with Crippen LogP contribution in [0.2, 0.25) is 0 Å². The van der Waals surface area contributed by atoms with E-state index in [9.17, 15) is 19.7 Å². The normalized spacial score (nSPS) is 10.8. The Bertz CT molecular complexity index is 622. The first-order valence-electron chi connectivity index (χ1n) is 6.94. The van der Waals surface area contributed by atoms with E-state index in [1.54, 1.807) is 0 Å². The van der Waals surface area contributed by atoms with Gasteiger partial charge in [-0.15, -0.1) is 0 Å². The standard InChI is InChI=1S/C15H21N3O5/c1-15(2,3)16-13(19)9-17(4)14(20)11-8-10(18(21)22)6-7-12(11)23-5/h6-8H,9H2,1-5H3,(H,16,19). The third-order valence-electron chi connectivity index (χ3n) is 2.87. The molecule has 23 heavy (non-hydrogen) atoms. The molecule has 1 aromatic carbocycles. The van der Waals surface area contributed by atoms with E-state index in [1.807, 2.05) is 20.8 Å². The molecule has 0 heterocycles. The summed E-state index contributed by atoms with van der Waals surface area (Å²) < 4.78 is 5.07. The van der Waals surface area contributed by atoms with E-state index in [0.29, 0.717) is 0 Å². The highest BCUT2D eigenvalue weighted by Crippen LogP contribution is 2.25. The SMILES string of the molecule is COc1ccc([N+](=O)[O-])cc1C(=O)N(C)CC(=O)NC(C)(C)C. The molecule has 126 valence electrons. The number of benzene rings is 1. The minimum absolute atomic E-state index is 0.0350. The van der Waals surface area contributed by atoms with E-state index < -0.39 is 16.4 Å². The van der Waals surface area contributed by atoms with Crippen molar-refractivity contribution in [1.82, 2.24) is 10.2 Å². The highest BCUT2D eigenvalue weighted by atomic mass is 16.6. The second-order valence-electron chi connectivity index (χ2n) is 6.10. The number of ether oxygens (including phenoxy) is 1. The number of rotatable bonds is 5. The van der Waals surface area contributed by atoms with Gasteiger partial charge in [0.1, 0.15) is 5.75 Å². The Hall–Kier alpha value is -2.64. The van der Waals surface area contributed by atoms with Gasteiger partial charge in [-0.05, 0) is 26.8 Å². The van der Waals surface area contributed by atoms with E-state index in [4.69, 9.17) is 4.74 Å². The first-order valence-corrected chi connectivity index (χ1v) is 6.94. The summed E-state index contributed by atoms with van der Waals surface area (Å²) in [5.41, 5.74) is -0.598. The largest absolute Gasteiger partial charge is 0.496 e. The molecule has 2 amide bonds. The molecule has 0 aromatic heterocycles. The number of hydrogen-bond acceptors (Lipinski definition) is 5. The molecule has 0 aliphatic heterocycles. The van der Waals surface area contributed by atoms with Gasteiger partial charge < -0.3 is 15.0 Å². The van der Waals surface area contributed by atoms with Crippen LogP contribution in [0.3, 0.4) is 0 Å². The van der Waals surface area contributed by atoms with Crippen molar-refractivity contribution in [2.24, 2.45) is 0 Å². The Kier molecular flexibility index (Phi) is 5.67. The molecule has 0 radical (unpaired) electrons. The topological polar surface area (TPSA) is 102 Å². The summed E-state index contributed by atoms with van der Waals surface area (Å²) >= 11 is 0. The molecular weight excluding hydrogens is 302 g/mol. The number of nitro groups is 1. The number of likely N-dealkylation sites (N-methyl/N-ethyl adjacent to an activating group) is 1. The molecule has 0 aliphatic carbocycles. The van der Waals surface area contributed by atoms with Gasteiger partial charge in [-0.1, -0.05) is 0 Å². The maximum absolute atomic E-state index is 12.4. The molecule has 1 aromatic rings. The van der Waals surface area contributed by atoms with Crippen LogP contribution < -0.4 is 10.1 Å². The number of nitrogens with one attached hydrogen (secondary N) is 1. The zero-order chi connectivity index (χ0) is 17.8. The number of amides is 2. The monoisotopic (exact) mass is 323 g/mol. The summed E-state index contributed by atoms with van der Waals surface area (Å²) in [4.78, 5) is 35.8. The first kappa shape index (κ1) is 18.4. The van der Waals surface area contributed by atoms with Gasteiger partial charge in [0.2, 0.25) is 5.91 Å². The van der Waals surface area contributed by atoms with Crippen LogP contribution in [0.5, 0.6) is 5.75 Å². The predicted octanol–water partition coefficient (Wildman–Crippen LogP) is 1.59. The molecule has 0 bridgehead atoms. The van der Waals surface area contributed by atoms with Crippen LogP contribution in [0.25, 0.3) is 0 Å². The van der Waals surface area contributed by atoms with Crippen LogP contribution in [0.4, 0.5) is 5.69 Å². The number of carbonyl (C=O) groups excluding carboxylic acids is 2. The lowest BCUT2D eigenvalue weighted by Gasteiger charge is -2.23. The van der Waals surface area contributed by atoms with E-state index in [1.165, 1.54) is 31.2 Å². The smallest absolute Gasteiger partial charge is 0.270 e. The Balaban J connectivity index is 2.97. The van der Waals surface area contributed by atoms with Gasteiger partial charge in [0.05, 0.1) is 24.1 Å². The van der Waals surface area contributed by atoms with Crippen LogP contribution in [-0.4, -0.2) is 47.9 Å². The summed E-state index contributed by atoms with van der Waals surface area (Å²) in [7, 11) is 2.81. The highest BCUT2D eigenvalue weighted by molar-refractivity contribution is 5.99. The predicted molar refractivity (Wildman–Crippen MR) is 84.5 cm³/mol. The third-order valence-corrected chi connectivity index (χ3v) is 2.87. The second kappa shape index (κ2) is 7.08. The minimum Gasteiger partial charge on any atom is -0.496 e. The number of nitrogens with zero attached hydrogens (tertiary/aromatic N) is 2. The molecule has 8 nitrogen and oxygen atoms in total. The fourth-order valence-corrected chi connectivity index (χ4v) is 1.93. The van der Waals surface area contributed by atoms with Crippen molar-refractivity contribution in [3.8, 4) is 5.75 Å². The van der Waals surface area contributed by atoms with Crippen molar-refractivity contribution in [2.45, 2.75) is 26.3 Å². The minimum atomic E-state index is -0.595. The number of non-ortho nitro benzene ring substituents is 1. The lowest BCUT2D eigenvalue weighted by molar-refractivity contribution is -0.384. The van der Waals surface area contributed by atoms with Gasteiger partial charge in [0.25, 0.3) is 11.6 Å². The maximum atomic E-state index is 12.4. The molecule has 0 fully saturated rings.